The van der Waals surface area contributed by atoms with E-state index in [0.29, 0.717) is 0 Å². The molecule has 0 spiro atoms. The monoisotopic (exact) mass is 627 g/mol. The van der Waals surface area contributed by atoms with Gasteiger partial charge in [-0.05, 0) is 87.3 Å². The molecule has 0 fully saturated rings. The lowest BCUT2D eigenvalue weighted by Crippen LogP contribution is -2.16. The number of nitrogens with zero attached hydrogens (tertiary/aromatic N) is 1. The van der Waals surface area contributed by atoms with Gasteiger partial charge in [0, 0.05) is 16.2 Å². The van der Waals surface area contributed by atoms with E-state index in [0.717, 1.165) is 83.7 Å². The lowest BCUT2D eigenvalue weighted by molar-refractivity contribution is 0.477. The van der Waals surface area contributed by atoms with Gasteiger partial charge in [-0.1, -0.05) is 127 Å². The van der Waals surface area contributed by atoms with Gasteiger partial charge in [0.25, 0.3) is 0 Å². The minimum Gasteiger partial charge on any atom is -0.456 e. The normalized spacial score (nSPS) is 12.2. The zero-order chi connectivity index (χ0) is 32.3. The van der Waals surface area contributed by atoms with E-state index in [9.17, 15) is 0 Å². The zero-order valence-corrected chi connectivity index (χ0v) is 26.5. The molecule has 0 N–H and O–H groups in total. The molecule has 0 bridgehead atoms. The largest absolute Gasteiger partial charge is 0.456 e. The third kappa shape index (κ3) is 4.51. The van der Waals surface area contributed by atoms with Crippen molar-refractivity contribution in [3.63, 3.8) is 0 Å². The van der Waals surface area contributed by atoms with E-state index in [4.69, 9.17) is 9.15 Å². The van der Waals surface area contributed by atoms with Gasteiger partial charge in [0.2, 0.25) is 0 Å². The quantitative estimate of drug-likeness (QED) is 0.194. The highest BCUT2D eigenvalue weighted by molar-refractivity contribution is 6.10. The maximum atomic E-state index is 6.78. The minimum absolute atomic E-state index is 0.824. The Morgan fingerprint density at radius 3 is 1.53 bits per heavy atom. The summed E-state index contributed by atoms with van der Waals surface area (Å²) < 4.78 is 12.9. The van der Waals surface area contributed by atoms with Crippen LogP contribution in [-0.2, 0) is 0 Å². The molecule has 0 atom stereocenters. The van der Waals surface area contributed by atoms with Crippen LogP contribution in [0.5, 0.6) is 11.5 Å². The molecule has 10 rings (SSSR count). The average molecular weight is 628 g/mol. The maximum Gasteiger partial charge on any atom is 0.152 e. The second-order valence-corrected chi connectivity index (χ2v) is 12.5. The molecule has 0 radical (unpaired) electrons. The van der Waals surface area contributed by atoms with E-state index < -0.39 is 0 Å². The fourth-order valence-corrected chi connectivity index (χ4v) is 7.31. The highest BCUT2D eigenvalue weighted by Crippen LogP contribution is 2.54. The third-order valence-electron chi connectivity index (χ3n) is 9.67. The summed E-state index contributed by atoms with van der Waals surface area (Å²) in [6.45, 7) is 0. The fraction of sp³-hybridized carbons (Fsp3) is 0. The molecule has 9 aromatic rings. The lowest BCUT2D eigenvalue weighted by Gasteiger charge is -2.34. The van der Waals surface area contributed by atoms with Crippen molar-refractivity contribution in [1.29, 1.82) is 0 Å². The number of rotatable bonds is 4. The molecular weight excluding hydrogens is 599 g/mol. The molecule has 8 aromatic carbocycles. The summed E-state index contributed by atoms with van der Waals surface area (Å²) >= 11 is 0. The topological polar surface area (TPSA) is 25.6 Å². The van der Waals surface area contributed by atoms with Gasteiger partial charge in [-0.2, -0.15) is 0 Å². The van der Waals surface area contributed by atoms with Crippen molar-refractivity contribution in [3.05, 3.63) is 176 Å². The summed E-state index contributed by atoms with van der Waals surface area (Å²) in [7, 11) is 0. The van der Waals surface area contributed by atoms with Gasteiger partial charge in [0.15, 0.2) is 11.5 Å². The van der Waals surface area contributed by atoms with Gasteiger partial charge < -0.3 is 14.1 Å². The van der Waals surface area contributed by atoms with Crippen molar-refractivity contribution in [1.82, 2.24) is 0 Å². The Bertz CT molecular complexity index is 2600. The molecular formula is C46H29NO2. The molecule has 0 saturated carbocycles. The minimum atomic E-state index is 0.824. The lowest BCUT2D eigenvalue weighted by atomic mass is 9.94. The number of anilines is 3. The Morgan fingerprint density at radius 1 is 0.327 bits per heavy atom. The summed E-state index contributed by atoms with van der Waals surface area (Å²) in [6.07, 6.45) is 0. The van der Waals surface area contributed by atoms with Crippen molar-refractivity contribution in [3.8, 4) is 44.9 Å². The molecule has 0 amide bonds. The summed E-state index contributed by atoms with van der Waals surface area (Å²) in [4.78, 5) is 2.36. The summed E-state index contributed by atoms with van der Waals surface area (Å²) in [5.74, 6) is 1.65. The van der Waals surface area contributed by atoms with Crippen LogP contribution in [-0.4, -0.2) is 0 Å². The zero-order valence-electron chi connectivity index (χ0n) is 26.5. The van der Waals surface area contributed by atoms with Crippen LogP contribution in [0.1, 0.15) is 0 Å². The molecule has 0 saturated heterocycles. The van der Waals surface area contributed by atoms with Crippen LogP contribution in [0.3, 0.4) is 0 Å². The summed E-state index contributed by atoms with van der Waals surface area (Å²) in [5.41, 5.74) is 11.8. The van der Waals surface area contributed by atoms with Crippen LogP contribution in [0.2, 0.25) is 0 Å². The highest BCUT2D eigenvalue weighted by Gasteiger charge is 2.28. The molecule has 3 heteroatoms. The van der Waals surface area contributed by atoms with Gasteiger partial charge in [-0.3, -0.25) is 0 Å². The van der Waals surface area contributed by atoms with E-state index in [2.05, 4.69) is 157 Å². The molecule has 0 unspecified atom stereocenters. The van der Waals surface area contributed by atoms with E-state index in [1.165, 1.54) is 10.9 Å². The van der Waals surface area contributed by atoms with E-state index in [1.807, 2.05) is 24.3 Å². The van der Waals surface area contributed by atoms with E-state index in [1.54, 1.807) is 0 Å². The number of furan rings is 1. The number of ether oxygens (including phenoxy) is 1. The fourth-order valence-electron chi connectivity index (χ4n) is 7.31. The van der Waals surface area contributed by atoms with Gasteiger partial charge in [0.05, 0.1) is 17.1 Å². The molecule has 1 aromatic heterocycles. The molecule has 1 aliphatic heterocycles. The van der Waals surface area contributed by atoms with Crippen LogP contribution in [0.25, 0.3) is 66.1 Å². The number of hydrogen-bond donors (Lipinski definition) is 0. The Morgan fingerprint density at radius 2 is 0.857 bits per heavy atom. The SMILES string of the molecule is c1ccc(-c2ccc3c(c2)Oc2cc(-c4ccccc4)ccc2N3c2ccc(-c3ccc4oc5ccccc5c4c3)c3ccccc23)cc1. The van der Waals surface area contributed by atoms with Gasteiger partial charge in [0.1, 0.15) is 11.2 Å². The molecule has 49 heavy (non-hydrogen) atoms. The van der Waals surface area contributed by atoms with Crippen molar-refractivity contribution in [2.75, 3.05) is 4.90 Å². The number of para-hydroxylation sites is 1. The van der Waals surface area contributed by atoms with Crippen molar-refractivity contribution in [2.24, 2.45) is 0 Å². The number of fused-ring (bicyclic) bond motifs is 6. The van der Waals surface area contributed by atoms with Gasteiger partial charge >= 0.3 is 0 Å². The molecule has 230 valence electrons. The van der Waals surface area contributed by atoms with Crippen LogP contribution < -0.4 is 9.64 Å². The molecule has 0 aliphatic carbocycles. The van der Waals surface area contributed by atoms with Crippen molar-refractivity contribution >= 4 is 49.8 Å². The van der Waals surface area contributed by atoms with E-state index in [-0.39, 0.29) is 0 Å². The molecule has 1 aliphatic rings. The first kappa shape index (κ1) is 27.5. The van der Waals surface area contributed by atoms with Crippen molar-refractivity contribution in [2.45, 2.75) is 0 Å². The first-order valence-electron chi connectivity index (χ1n) is 16.6. The Balaban J connectivity index is 1.17. The van der Waals surface area contributed by atoms with Crippen LogP contribution in [0.4, 0.5) is 17.1 Å². The van der Waals surface area contributed by atoms with Gasteiger partial charge in [-0.15, -0.1) is 0 Å². The van der Waals surface area contributed by atoms with Crippen molar-refractivity contribution < 1.29 is 9.15 Å². The first-order chi connectivity index (χ1) is 24.3. The van der Waals surface area contributed by atoms with Crippen LogP contribution in [0.15, 0.2) is 180 Å². The van der Waals surface area contributed by atoms with Crippen LogP contribution >= 0.6 is 0 Å². The Hall–Kier alpha value is -6.58. The second kappa shape index (κ2) is 11.0. The molecule has 2 heterocycles. The Kier molecular flexibility index (Phi) is 6.18. The predicted octanol–water partition coefficient (Wildman–Crippen LogP) is 13.3. The van der Waals surface area contributed by atoms with E-state index >= 15 is 0 Å². The van der Waals surface area contributed by atoms with Crippen LogP contribution in [0, 0.1) is 0 Å². The maximum absolute atomic E-state index is 6.78. The first-order valence-corrected chi connectivity index (χ1v) is 16.6. The number of hydrogen-bond acceptors (Lipinski definition) is 3. The summed E-state index contributed by atoms with van der Waals surface area (Å²) in [6, 6.07) is 62.0. The van der Waals surface area contributed by atoms with Gasteiger partial charge in [-0.25, -0.2) is 0 Å². The number of benzene rings is 8. The second-order valence-electron chi connectivity index (χ2n) is 12.5. The smallest absolute Gasteiger partial charge is 0.152 e. The Labute approximate surface area is 283 Å². The molecule has 3 nitrogen and oxygen atoms in total. The predicted molar refractivity (Wildman–Crippen MR) is 202 cm³/mol. The third-order valence-corrected chi connectivity index (χ3v) is 9.67. The summed E-state index contributed by atoms with van der Waals surface area (Å²) in [5, 5.41) is 4.60. The standard InChI is InChI=1S/C46H29NO2/c1-3-11-30(12-4-1)32-19-23-41-45(28-32)49-46-29-33(31-13-5-2-6-14-31)20-24-42(46)47(41)40-25-22-35(36-15-7-8-16-37(36)40)34-21-26-44-39(27-34)38-17-9-10-18-43(38)48-44/h1-29H. The average Bonchev–Trinajstić information content (AvgIpc) is 3.55. The highest BCUT2D eigenvalue weighted by atomic mass is 16.5.